The Labute approximate surface area is 203 Å². The van der Waals surface area contributed by atoms with Gasteiger partial charge in [-0.15, -0.1) is 0 Å². The molecule has 35 heavy (non-hydrogen) atoms. The molecular formula is C23H19N5O6S. The van der Waals surface area contributed by atoms with Crippen LogP contribution in [0.4, 0.5) is 5.69 Å². The van der Waals surface area contributed by atoms with Crippen LogP contribution >= 0.6 is 11.8 Å². The number of nitro benzene ring substituents is 1. The van der Waals surface area contributed by atoms with Crippen LogP contribution in [0.25, 0.3) is 6.08 Å². The molecule has 0 spiro atoms. The maximum atomic E-state index is 12.6. The Morgan fingerprint density at radius 2 is 2.03 bits per heavy atom. The van der Waals surface area contributed by atoms with Gasteiger partial charge in [0.15, 0.2) is 17.3 Å². The molecule has 2 heterocycles. The van der Waals surface area contributed by atoms with E-state index in [-0.39, 0.29) is 40.8 Å². The predicted octanol–water partition coefficient (Wildman–Crippen LogP) is 4.24. The lowest BCUT2D eigenvalue weighted by Gasteiger charge is -2.20. The quantitative estimate of drug-likeness (QED) is 0.198. The molecule has 2 aromatic rings. The van der Waals surface area contributed by atoms with Crippen LogP contribution in [0, 0.1) is 15.5 Å². The number of nitrogens with one attached hydrogen (secondary N) is 1. The zero-order chi connectivity index (χ0) is 25.1. The number of nitro groups is 1. The fraction of sp³-hybridized carbons (Fsp3) is 0.174. The number of amidine groups is 2. The third-order valence-electron chi connectivity index (χ3n) is 4.87. The van der Waals surface area contributed by atoms with Crippen molar-refractivity contribution in [2.75, 3.05) is 6.61 Å². The zero-order valence-corrected chi connectivity index (χ0v) is 19.5. The Hall–Kier alpha value is -4.32. The molecule has 0 unspecified atom stereocenters. The number of thioether (sulfide) groups is 1. The second-order valence-corrected chi connectivity index (χ2v) is 8.24. The molecule has 4 rings (SSSR count). The maximum Gasteiger partial charge on any atom is 0.343 e. The first-order valence-electron chi connectivity index (χ1n) is 10.5. The molecule has 2 aromatic carbocycles. The van der Waals surface area contributed by atoms with Gasteiger partial charge in [0.05, 0.1) is 22.7 Å². The average Bonchev–Trinajstić information content (AvgIpc) is 3.26. The number of amides is 1. The highest BCUT2D eigenvalue weighted by atomic mass is 32.2. The summed E-state index contributed by atoms with van der Waals surface area (Å²) in [6.45, 7) is 3.95. The van der Waals surface area contributed by atoms with Crippen LogP contribution in [0.5, 0.6) is 11.5 Å². The highest BCUT2D eigenvalue weighted by Gasteiger charge is 2.35. The molecular weight excluding hydrogens is 474 g/mol. The molecule has 178 valence electrons. The largest absolute Gasteiger partial charge is 0.490 e. The maximum absolute atomic E-state index is 12.6. The molecule has 0 saturated carbocycles. The van der Waals surface area contributed by atoms with Gasteiger partial charge in [0.25, 0.3) is 11.6 Å². The van der Waals surface area contributed by atoms with Gasteiger partial charge in [0.2, 0.25) is 5.17 Å². The van der Waals surface area contributed by atoms with Crippen LogP contribution in [-0.4, -0.2) is 44.5 Å². The number of hydrogen-bond acceptors (Lipinski definition) is 9. The molecule has 0 aromatic heterocycles. The first-order valence-corrected chi connectivity index (χ1v) is 11.3. The van der Waals surface area contributed by atoms with E-state index >= 15 is 0 Å². The standard InChI is InChI=1S/C23H19N5O6S/c1-3-19-26-27-20(24)16(21(29)25-23(27)35-19)10-13-8-9-17(18(11-13)33-4-2)34-22(30)14-6-5-7-15(12-14)28(31)32/h5-12,24H,3-4H2,1-2H3/b16-10-,24-20?. The van der Waals surface area contributed by atoms with E-state index in [2.05, 4.69) is 10.1 Å². The van der Waals surface area contributed by atoms with E-state index in [1.807, 2.05) is 6.92 Å². The Morgan fingerprint density at radius 3 is 2.74 bits per heavy atom. The summed E-state index contributed by atoms with van der Waals surface area (Å²) in [5.74, 6) is -1.11. The summed E-state index contributed by atoms with van der Waals surface area (Å²) in [7, 11) is 0. The van der Waals surface area contributed by atoms with Crippen LogP contribution in [0.1, 0.15) is 36.2 Å². The monoisotopic (exact) mass is 493 g/mol. The number of rotatable bonds is 7. The van der Waals surface area contributed by atoms with Gasteiger partial charge in [-0.25, -0.2) is 4.79 Å². The molecule has 0 aliphatic carbocycles. The summed E-state index contributed by atoms with van der Waals surface area (Å²) in [6, 6.07) is 9.83. The lowest BCUT2D eigenvalue weighted by atomic mass is 10.1. The van der Waals surface area contributed by atoms with Crippen molar-refractivity contribution in [2.24, 2.45) is 10.1 Å². The molecule has 0 radical (unpaired) electrons. The van der Waals surface area contributed by atoms with Crippen molar-refractivity contribution in [1.82, 2.24) is 5.01 Å². The van der Waals surface area contributed by atoms with Gasteiger partial charge < -0.3 is 9.47 Å². The van der Waals surface area contributed by atoms with Crippen LogP contribution in [0.15, 0.2) is 58.1 Å². The molecule has 11 nitrogen and oxygen atoms in total. The lowest BCUT2D eigenvalue weighted by Crippen LogP contribution is -2.35. The van der Waals surface area contributed by atoms with Gasteiger partial charge in [0, 0.05) is 12.1 Å². The molecule has 1 N–H and O–H groups in total. The molecule has 1 amide bonds. The van der Waals surface area contributed by atoms with E-state index < -0.39 is 16.8 Å². The third kappa shape index (κ3) is 4.96. The minimum absolute atomic E-state index is 0.0123. The minimum Gasteiger partial charge on any atom is -0.490 e. The Bertz CT molecular complexity index is 1350. The fourth-order valence-electron chi connectivity index (χ4n) is 3.21. The number of fused-ring (bicyclic) bond motifs is 1. The van der Waals surface area contributed by atoms with Gasteiger partial charge in [0.1, 0.15) is 5.04 Å². The van der Waals surface area contributed by atoms with Crippen molar-refractivity contribution in [3.05, 3.63) is 69.3 Å². The van der Waals surface area contributed by atoms with Crippen molar-refractivity contribution >= 4 is 51.4 Å². The van der Waals surface area contributed by atoms with Gasteiger partial charge >= 0.3 is 5.97 Å². The SMILES string of the molecule is CCOc1cc(/C=C2/C(=N)N3N=C(CC)SC3=NC2=O)ccc1OC(=O)c1cccc([N+](=O)[O-])c1. The fourth-order valence-corrected chi connectivity index (χ4v) is 4.04. The van der Waals surface area contributed by atoms with Gasteiger partial charge in [-0.05, 0) is 54.9 Å². The number of non-ortho nitro benzene ring substituents is 1. The van der Waals surface area contributed by atoms with Crippen LogP contribution in [-0.2, 0) is 4.79 Å². The highest BCUT2D eigenvalue weighted by molar-refractivity contribution is 8.26. The second kappa shape index (κ2) is 9.89. The second-order valence-electron chi connectivity index (χ2n) is 7.20. The van der Waals surface area contributed by atoms with Crippen LogP contribution in [0.2, 0.25) is 0 Å². The number of aliphatic imine (C=N–C) groups is 1. The smallest absolute Gasteiger partial charge is 0.343 e. The average molecular weight is 494 g/mol. The molecule has 2 aliphatic heterocycles. The third-order valence-corrected chi connectivity index (χ3v) is 5.93. The minimum atomic E-state index is -0.789. The van der Waals surface area contributed by atoms with Crippen molar-refractivity contribution in [2.45, 2.75) is 20.3 Å². The topological polar surface area (TPSA) is 148 Å². The van der Waals surface area contributed by atoms with E-state index in [4.69, 9.17) is 14.9 Å². The molecule has 0 bridgehead atoms. The lowest BCUT2D eigenvalue weighted by molar-refractivity contribution is -0.384. The molecule has 0 atom stereocenters. The number of hydrazone groups is 1. The summed E-state index contributed by atoms with van der Waals surface area (Å²) < 4.78 is 11.0. The Morgan fingerprint density at radius 1 is 1.23 bits per heavy atom. The first-order chi connectivity index (χ1) is 16.8. The number of benzene rings is 2. The highest BCUT2D eigenvalue weighted by Crippen LogP contribution is 2.32. The van der Waals surface area contributed by atoms with Crippen molar-refractivity contribution in [3.63, 3.8) is 0 Å². The number of nitrogens with zero attached hydrogens (tertiary/aromatic N) is 4. The van der Waals surface area contributed by atoms with Crippen molar-refractivity contribution < 1.29 is 24.0 Å². The van der Waals surface area contributed by atoms with Crippen LogP contribution < -0.4 is 9.47 Å². The van der Waals surface area contributed by atoms with E-state index in [1.54, 1.807) is 19.1 Å². The van der Waals surface area contributed by atoms with E-state index in [0.717, 1.165) is 11.1 Å². The summed E-state index contributed by atoms with van der Waals surface area (Å²) in [4.78, 5) is 39.6. The van der Waals surface area contributed by atoms with Crippen molar-refractivity contribution in [3.8, 4) is 11.5 Å². The first kappa shape index (κ1) is 23.8. The number of ether oxygens (including phenoxy) is 2. The molecule has 12 heteroatoms. The van der Waals surface area contributed by atoms with Gasteiger partial charge in [-0.3, -0.25) is 20.3 Å². The molecule has 0 saturated heterocycles. The summed E-state index contributed by atoms with van der Waals surface area (Å²) in [5, 5.41) is 26.2. The zero-order valence-electron chi connectivity index (χ0n) is 18.7. The predicted molar refractivity (Wildman–Crippen MR) is 131 cm³/mol. The van der Waals surface area contributed by atoms with E-state index in [9.17, 15) is 19.7 Å². The number of carbonyl (C=O) groups is 2. The summed E-state index contributed by atoms with van der Waals surface area (Å²) in [5.41, 5.74) is 0.350. The van der Waals surface area contributed by atoms with E-state index in [0.29, 0.717) is 17.2 Å². The van der Waals surface area contributed by atoms with Crippen LogP contribution in [0.3, 0.4) is 0 Å². The normalized spacial score (nSPS) is 16.1. The number of hydrogen-bond donors (Lipinski definition) is 1. The Kier molecular flexibility index (Phi) is 6.73. The van der Waals surface area contributed by atoms with Gasteiger partial charge in [-0.1, -0.05) is 19.1 Å². The summed E-state index contributed by atoms with van der Waals surface area (Å²) in [6.07, 6.45) is 2.15. The summed E-state index contributed by atoms with van der Waals surface area (Å²) >= 11 is 1.26. The molecule has 0 fully saturated rings. The van der Waals surface area contributed by atoms with Gasteiger partial charge in [-0.2, -0.15) is 15.1 Å². The van der Waals surface area contributed by atoms with E-state index in [1.165, 1.54) is 47.1 Å². The number of carbonyl (C=O) groups excluding carboxylic acids is 2. The molecule has 2 aliphatic rings. The Balaban J connectivity index is 1.61. The number of esters is 1. The van der Waals surface area contributed by atoms with Crippen molar-refractivity contribution in [1.29, 1.82) is 5.41 Å².